The van der Waals surface area contributed by atoms with Crippen molar-refractivity contribution in [2.24, 2.45) is 0 Å². The molecule has 0 aliphatic carbocycles. The molecule has 9 heteroatoms. The van der Waals surface area contributed by atoms with E-state index in [1.807, 2.05) is 0 Å². The van der Waals surface area contributed by atoms with Gasteiger partial charge < -0.3 is 5.32 Å². The predicted molar refractivity (Wildman–Crippen MR) is 59.7 cm³/mol. The lowest BCUT2D eigenvalue weighted by Gasteiger charge is -2.27. The lowest BCUT2D eigenvalue weighted by Crippen LogP contribution is -2.49. The molecule has 0 bridgehead atoms. The molecule has 6 nitrogen and oxygen atoms in total. The maximum Gasteiger partial charge on any atom is 0.277 e. The number of hydrogen-bond donors (Lipinski definition) is 2. The van der Waals surface area contributed by atoms with Crippen molar-refractivity contribution >= 4 is 15.9 Å². The molecule has 0 aromatic carbocycles. The van der Waals surface area contributed by atoms with Crippen LogP contribution in [-0.2, 0) is 14.8 Å². The fourth-order valence-corrected chi connectivity index (χ4v) is 3.08. The van der Waals surface area contributed by atoms with Crippen molar-refractivity contribution in [1.82, 2.24) is 14.9 Å². The third-order valence-electron chi connectivity index (χ3n) is 3.18. The van der Waals surface area contributed by atoms with Crippen LogP contribution in [-0.4, -0.2) is 63.1 Å². The Morgan fingerprint density at radius 2 is 2.22 bits per heavy atom. The summed E-state index contributed by atoms with van der Waals surface area (Å²) in [5.74, 6) is -3.66. The van der Waals surface area contributed by atoms with Crippen molar-refractivity contribution < 1.29 is 22.0 Å². The summed E-state index contributed by atoms with van der Waals surface area (Å²) < 4.78 is 50.7. The zero-order valence-corrected chi connectivity index (χ0v) is 10.6. The second kappa shape index (κ2) is 4.39. The summed E-state index contributed by atoms with van der Waals surface area (Å²) in [4.78, 5) is 12.8. The summed E-state index contributed by atoms with van der Waals surface area (Å²) in [5.41, 5.74) is 0. The number of carbonyl (C=O) groups excluding carboxylic acids is 1. The molecule has 0 aromatic rings. The summed E-state index contributed by atoms with van der Waals surface area (Å²) in [6.45, 7) is -0.368. The fraction of sp³-hybridized carbons (Fsp3) is 0.889. The van der Waals surface area contributed by atoms with Gasteiger partial charge in [-0.1, -0.05) is 0 Å². The van der Waals surface area contributed by atoms with E-state index in [0.29, 0.717) is 13.0 Å². The van der Waals surface area contributed by atoms with Gasteiger partial charge in [-0.15, -0.1) is 0 Å². The smallest absolute Gasteiger partial charge is 0.277 e. The first-order chi connectivity index (χ1) is 8.19. The highest BCUT2D eigenvalue weighted by molar-refractivity contribution is 7.89. The number of fused-ring (bicyclic) bond motifs is 1. The molecule has 0 unspecified atom stereocenters. The molecule has 0 saturated carbocycles. The molecule has 2 atom stereocenters. The third-order valence-corrected chi connectivity index (χ3v) is 3.78. The van der Waals surface area contributed by atoms with Crippen molar-refractivity contribution in [3.8, 4) is 0 Å². The highest BCUT2D eigenvalue weighted by Crippen LogP contribution is 2.35. The monoisotopic (exact) mass is 283 g/mol. The van der Waals surface area contributed by atoms with E-state index in [9.17, 15) is 22.0 Å². The summed E-state index contributed by atoms with van der Waals surface area (Å²) in [6, 6.07) is -1.35. The first-order valence-corrected chi connectivity index (χ1v) is 7.44. The second-order valence-electron chi connectivity index (χ2n) is 4.75. The van der Waals surface area contributed by atoms with E-state index in [1.54, 1.807) is 4.72 Å². The van der Waals surface area contributed by atoms with Crippen LogP contribution in [0.25, 0.3) is 0 Å². The van der Waals surface area contributed by atoms with Gasteiger partial charge in [0.2, 0.25) is 15.9 Å². The molecule has 2 heterocycles. The van der Waals surface area contributed by atoms with E-state index in [4.69, 9.17) is 0 Å². The number of nitrogens with zero attached hydrogens (tertiary/aromatic N) is 1. The number of likely N-dealkylation sites (tertiary alicyclic amines) is 1. The number of halogens is 2. The van der Waals surface area contributed by atoms with Crippen LogP contribution in [0.1, 0.15) is 6.42 Å². The van der Waals surface area contributed by atoms with Crippen LogP contribution in [0.5, 0.6) is 0 Å². The van der Waals surface area contributed by atoms with Gasteiger partial charge in [-0.25, -0.2) is 17.2 Å². The number of hydrogen-bond acceptors (Lipinski definition) is 5. The average Bonchev–Trinajstić information content (AvgIpc) is 2.67. The maximum absolute atomic E-state index is 13.6. The molecule has 18 heavy (non-hydrogen) atoms. The standard InChI is InChI=1S/C9H15F2N3O3S/c1-18(16,17)13-7(15)4-14-3-2-6-8(14)9(10,11)5-12-6/h6,8,12H,2-5H2,1H3,(H,13,15)/t6-,8+/m0/s1. The number of alkyl halides is 2. The van der Waals surface area contributed by atoms with Crippen LogP contribution in [0.2, 0.25) is 0 Å². The minimum Gasteiger partial charge on any atom is -0.306 e. The Morgan fingerprint density at radius 3 is 2.83 bits per heavy atom. The zero-order valence-electron chi connectivity index (χ0n) is 9.82. The lowest BCUT2D eigenvalue weighted by atomic mass is 10.1. The van der Waals surface area contributed by atoms with Crippen LogP contribution < -0.4 is 10.0 Å². The SMILES string of the molecule is CS(=O)(=O)NC(=O)CN1CC[C@@H]2NCC(F)(F)[C@@H]21. The Bertz CT molecular complexity index is 454. The Morgan fingerprint density at radius 1 is 1.56 bits per heavy atom. The first-order valence-electron chi connectivity index (χ1n) is 5.55. The van der Waals surface area contributed by atoms with E-state index in [-0.39, 0.29) is 12.6 Å². The molecule has 2 aliphatic heterocycles. The molecule has 0 radical (unpaired) electrons. The van der Waals surface area contributed by atoms with Crippen molar-refractivity contribution in [2.75, 3.05) is 25.9 Å². The van der Waals surface area contributed by atoms with E-state index in [2.05, 4.69) is 5.32 Å². The minimum atomic E-state index is -3.65. The van der Waals surface area contributed by atoms with Crippen LogP contribution in [0.3, 0.4) is 0 Å². The van der Waals surface area contributed by atoms with E-state index < -0.39 is 34.4 Å². The number of nitrogens with one attached hydrogen (secondary N) is 2. The molecule has 104 valence electrons. The van der Waals surface area contributed by atoms with Gasteiger partial charge in [-0.2, -0.15) is 0 Å². The lowest BCUT2D eigenvalue weighted by molar-refractivity contribution is -0.122. The molecular formula is C9H15F2N3O3S. The first kappa shape index (κ1) is 13.6. The molecule has 2 aliphatic rings. The third kappa shape index (κ3) is 2.78. The molecule has 1 amide bonds. The van der Waals surface area contributed by atoms with Crippen LogP contribution in [0.4, 0.5) is 8.78 Å². The van der Waals surface area contributed by atoms with Crippen molar-refractivity contribution in [3.63, 3.8) is 0 Å². The molecule has 2 N–H and O–H groups in total. The topological polar surface area (TPSA) is 78.5 Å². The quantitative estimate of drug-likeness (QED) is 0.676. The molecule has 2 fully saturated rings. The highest BCUT2D eigenvalue weighted by atomic mass is 32.2. The Labute approximate surface area is 104 Å². The maximum atomic E-state index is 13.6. The number of rotatable bonds is 3. The van der Waals surface area contributed by atoms with Gasteiger partial charge >= 0.3 is 0 Å². The molecule has 2 rings (SSSR count). The van der Waals surface area contributed by atoms with Crippen molar-refractivity contribution in [3.05, 3.63) is 0 Å². The van der Waals surface area contributed by atoms with E-state index in [0.717, 1.165) is 6.26 Å². The number of carbonyl (C=O) groups is 1. The zero-order chi connectivity index (χ0) is 13.6. The summed E-state index contributed by atoms with van der Waals surface area (Å²) in [7, 11) is -3.65. The van der Waals surface area contributed by atoms with Gasteiger partial charge in [0, 0.05) is 12.6 Å². The number of amides is 1. The van der Waals surface area contributed by atoms with Gasteiger partial charge in [0.15, 0.2) is 0 Å². The van der Waals surface area contributed by atoms with E-state index >= 15 is 0 Å². The van der Waals surface area contributed by atoms with Gasteiger partial charge in [-0.05, 0) is 6.42 Å². The average molecular weight is 283 g/mol. The Hall–Kier alpha value is -0.800. The van der Waals surface area contributed by atoms with E-state index in [1.165, 1.54) is 4.90 Å². The van der Waals surface area contributed by atoms with Crippen molar-refractivity contribution in [1.29, 1.82) is 0 Å². The predicted octanol–water partition coefficient (Wildman–Crippen LogP) is -1.26. The minimum absolute atomic E-state index is 0.328. The number of sulfonamides is 1. The van der Waals surface area contributed by atoms with Gasteiger partial charge in [0.1, 0.15) is 0 Å². The summed E-state index contributed by atoms with van der Waals surface area (Å²) in [6.07, 6.45) is 1.38. The fourth-order valence-electron chi connectivity index (χ4n) is 2.60. The molecular weight excluding hydrogens is 268 g/mol. The van der Waals surface area contributed by atoms with Crippen LogP contribution in [0.15, 0.2) is 0 Å². The Kier molecular flexibility index (Phi) is 3.32. The summed E-state index contributed by atoms with van der Waals surface area (Å²) >= 11 is 0. The van der Waals surface area contributed by atoms with Crippen molar-refractivity contribution in [2.45, 2.75) is 24.4 Å². The van der Waals surface area contributed by atoms with Crippen LogP contribution >= 0.6 is 0 Å². The highest BCUT2D eigenvalue weighted by Gasteiger charge is 2.55. The second-order valence-corrected chi connectivity index (χ2v) is 6.50. The normalized spacial score (nSPS) is 31.3. The van der Waals surface area contributed by atoms with Gasteiger partial charge in [0.05, 0.1) is 25.4 Å². The van der Waals surface area contributed by atoms with Crippen LogP contribution in [0, 0.1) is 0 Å². The molecule has 0 aromatic heterocycles. The van der Waals surface area contributed by atoms with Gasteiger partial charge in [-0.3, -0.25) is 14.4 Å². The molecule has 0 spiro atoms. The Balaban J connectivity index is 2.00. The molecule has 2 saturated heterocycles. The van der Waals surface area contributed by atoms with Gasteiger partial charge in [0.25, 0.3) is 5.92 Å². The largest absolute Gasteiger partial charge is 0.306 e. The summed E-state index contributed by atoms with van der Waals surface area (Å²) in [5, 5.41) is 2.72.